The van der Waals surface area contributed by atoms with Crippen LogP contribution in [0, 0.1) is 0 Å². The van der Waals surface area contributed by atoms with Gasteiger partial charge in [-0.3, -0.25) is 4.90 Å². The maximum absolute atomic E-state index is 13.3. The minimum atomic E-state index is -2.88. The number of nitrogens with two attached hydrogens (primary N) is 1. The van der Waals surface area contributed by atoms with E-state index in [0.29, 0.717) is 0 Å². The number of ether oxygens (including phenoxy) is 1. The second-order valence-electron chi connectivity index (χ2n) is 5.59. The topological polar surface area (TPSA) is 55.6 Å². The molecule has 0 unspecified atom stereocenters. The first kappa shape index (κ1) is 14.2. The molecule has 1 fully saturated rings. The Kier molecular flexibility index (Phi) is 3.66. The van der Waals surface area contributed by atoms with Crippen molar-refractivity contribution in [2.24, 2.45) is 5.73 Å². The van der Waals surface area contributed by atoms with Crippen LogP contribution in [-0.4, -0.2) is 41.1 Å². The van der Waals surface area contributed by atoms with Crippen molar-refractivity contribution in [3.05, 3.63) is 0 Å². The first-order valence-corrected chi connectivity index (χ1v) is 5.65. The fourth-order valence-corrected chi connectivity index (χ4v) is 1.84. The molecular formula is C11H20F2N2O2. The number of carbonyl (C=O) groups is 1. The summed E-state index contributed by atoms with van der Waals surface area (Å²) in [5.41, 5.74) is 4.93. The van der Waals surface area contributed by atoms with Gasteiger partial charge in [-0.15, -0.1) is 0 Å². The number of carbonyl (C=O) groups excluding carboxylic acids is 1. The summed E-state index contributed by atoms with van der Waals surface area (Å²) in [4.78, 5) is 12.8. The van der Waals surface area contributed by atoms with E-state index >= 15 is 0 Å². The highest BCUT2D eigenvalue weighted by molar-refractivity contribution is 5.69. The summed E-state index contributed by atoms with van der Waals surface area (Å²) >= 11 is 0. The summed E-state index contributed by atoms with van der Waals surface area (Å²) in [6, 6.07) is -1.17. The zero-order chi connectivity index (χ0) is 13.4. The van der Waals surface area contributed by atoms with Gasteiger partial charge in [0.1, 0.15) is 5.60 Å². The van der Waals surface area contributed by atoms with Crippen molar-refractivity contribution in [3.63, 3.8) is 0 Å². The molecule has 6 heteroatoms. The fraction of sp³-hybridized carbons (Fsp3) is 0.909. The highest BCUT2D eigenvalue weighted by atomic mass is 19.3. The summed E-state index contributed by atoms with van der Waals surface area (Å²) in [5.74, 6) is -2.88. The Bertz CT molecular complexity index is 300. The van der Waals surface area contributed by atoms with E-state index in [1.807, 2.05) is 0 Å². The number of nitrogens with zero attached hydrogens (tertiary/aromatic N) is 1. The van der Waals surface area contributed by atoms with Gasteiger partial charge in [0.15, 0.2) is 0 Å². The Hall–Kier alpha value is -0.910. The van der Waals surface area contributed by atoms with E-state index in [1.165, 1.54) is 0 Å². The second-order valence-corrected chi connectivity index (χ2v) is 5.59. The Balaban J connectivity index is 2.77. The minimum Gasteiger partial charge on any atom is -0.444 e. The van der Waals surface area contributed by atoms with Gasteiger partial charge >= 0.3 is 6.09 Å². The molecule has 0 aromatic heterocycles. The van der Waals surface area contributed by atoms with Crippen molar-refractivity contribution in [3.8, 4) is 0 Å². The molecule has 1 rings (SSSR count). The van der Waals surface area contributed by atoms with Crippen molar-refractivity contribution >= 4 is 6.09 Å². The van der Waals surface area contributed by atoms with E-state index in [1.54, 1.807) is 27.7 Å². The van der Waals surface area contributed by atoms with E-state index in [0.717, 1.165) is 4.90 Å². The number of amides is 1. The summed E-state index contributed by atoms with van der Waals surface area (Å²) < 4.78 is 31.7. The van der Waals surface area contributed by atoms with Gasteiger partial charge in [0.05, 0.1) is 12.6 Å². The maximum Gasteiger partial charge on any atom is 0.410 e. The molecule has 0 radical (unpaired) electrons. The predicted molar refractivity (Wildman–Crippen MR) is 59.9 cm³/mol. The van der Waals surface area contributed by atoms with Crippen molar-refractivity contribution in [2.45, 2.75) is 57.7 Å². The Morgan fingerprint density at radius 1 is 1.53 bits per heavy atom. The second kappa shape index (κ2) is 4.40. The van der Waals surface area contributed by atoms with E-state index in [4.69, 9.17) is 10.5 Å². The lowest BCUT2D eigenvalue weighted by molar-refractivity contribution is -0.00254. The van der Waals surface area contributed by atoms with Crippen LogP contribution in [0.3, 0.4) is 0 Å². The van der Waals surface area contributed by atoms with Crippen LogP contribution >= 0.6 is 0 Å². The zero-order valence-electron chi connectivity index (χ0n) is 10.7. The number of rotatable bonds is 1. The van der Waals surface area contributed by atoms with E-state index < -0.39 is 42.7 Å². The standard InChI is InChI=1S/C11H20F2N2O2/c1-7(14)8-5-11(12,13)6-15(8)9(16)17-10(2,3)4/h7-8H,5-6,14H2,1-4H3/t7-,8-/m1/s1. The molecule has 1 saturated heterocycles. The Morgan fingerprint density at radius 2 is 2.06 bits per heavy atom. The summed E-state index contributed by atoms with van der Waals surface area (Å²) in [7, 11) is 0. The quantitative estimate of drug-likeness (QED) is 0.774. The molecular weight excluding hydrogens is 230 g/mol. The molecule has 0 aromatic rings. The molecule has 0 aliphatic carbocycles. The first-order chi connectivity index (χ1) is 7.52. The fourth-order valence-electron chi connectivity index (χ4n) is 1.84. The smallest absolute Gasteiger partial charge is 0.410 e. The highest BCUT2D eigenvalue weighted by Gasteiger charge is 2.49. The van der Waals surface area contributed by atoms with Gasteiger partial charge in [0.25, 0.3) is 5.92 Å². The maximum atomic E-state index is 13.3. The summed E-state index contributed by atoms with van der Waals surface area (Å²) in [6.45, 7) is 6.08. The number of alkyl halides is 2. The van der Waals surface area contributed by atoms with Crippen LogP contribution in [0.2, 0.25) is 0 Å². The van der Waals surface area contributed by atoms with Crippen LogP contribution in [0.5, 0.6) is 0 Å². The monoisotopic (exact) mass is 250 g/mol. The first-order valence-electron chi connectivity index (χ1n) is 5.65. The molecule has 0 bridgehead atoms. The van der Waals surface area contributed by atoms with Crippen LogP contribution in [0.4, 0.5) is 13.6 Å². The molecule has 0 aromatic carbocycles. The van der Waals surface area contributed by atoms with Gasteiger partial charge in [0.2, 0.25) is 0 Å². The Labute approximate surface area is 100 Å². The minimum absolute atomic E-state index is 0.399. The van der Waals surface area contributed by atoms with Gasteiger partial charge in [-0.2, -0.15) is 0 Å². The number of halogens is 2. The van der Waals surface area contributed by atoms with Crippen LogP contribution in [0.15, 0.2) is 0 Å². The van der Waals surface area contributed by atoms with Crippen LogP contribution in [0.25, 0.3) is 0 Å². The van der Waals surface area contributed by atoms with E-state index in [-0.39, 0.29) is 0 Å². The van der Waals surface area contributed by atoms with Crippen molar-refractivity contribution in [2.75, 3.05) is 6.54 Å². The van der Waals surface area contributed by atoms with Crippen molar-refractivity contribution in [1.82, 2.24) is 4.90 Å². The molecule has 100 valence electrons. The lowest BCUT2D eigenvalue weighted by Gasteiger charge is -2.29. The van der Waals surface area contributed by atoms with Gasteiger partial charge in [-0.1, -0.05) is 0 Å². The number of likely N-dealkylation sites (tertiary alicyclic amines) is 1. The SMILES string of the molecule is C[C@@H](N)[C@H]1CC(F)(F)CN1C(=O)OC(C)(C)C. The molecule has 4 nitrogen and oxygen atoms in total. The lowest BCUT2D eigenvalue weighted by Crippen LogP contribution is -2.47. The molecule has 1 aliphatic heterocycles. The third-order valence-electron chi connectivity index (χ3n) is 2.54. The average Bonchev–Trinajstić information content (AvgIpc) is 2.38. The number of hydrogen-bond donors (Lipinski definition) is 1. The van der Waals surface area contributed by atoms with Gasteiger partial charge < -0.3 is 10.5 Å². The largest absolute Gasteiger partial charge is 0.444 e. The molecule has 2 atom stereocenters. The third-order valence-corrected chi connectivity index (χ3v) is 2.54. The van der Waals surface area contributed by atoms with Gasteiger partial charge in [0, 0.05) is 12.5 Å². The average molecular weight is 250 g/mol. The molecule has 1 heterocycles. The van der Waals surface area contributed by atoms with E-state index in [2.05, 4.69) is 0 Å². The van der Waals surface area contributed by atoms with Gasteiger partial charge in [-0.25, -0.2) is 13.6 Å². The molecule has 17 heavy (non-hydrogen) atoms. The molecule has 0 saturated carbocycles. The predicted octanol–water partition coefficient (Wildman–Crippen LogP) is 1.98. The molecule has 1 aliphatic rings. The summed E-state index contributed by atoms with van der Waals surface area (Å²) in [6.07, 6.45) is -1.12. The van der Waals surface area contributed by atoms with Crippen molar-refractivity contribution in [1.29, 1.82) is 0 Å². The van der Waals surface area contributed by atoms with Gasteiger partial charge in [-0.05, 0) is 27.7 Å². The number of hydrogen-bond acceptors (Lipinski definition) is 3. The zero-order valence-corrected chi connectivity index (χ0v) is 10.7. The molecule has 2 N–H and O–H groups in total. The third kappa shape index (κ3) is 3.80. The molecule has 0 spiro atoms. The van der Waals surface area contributed by atoms with Crippen LogP contribution in [0.1, 0.15) is 34.1 Å². The van der Waals surface area contributed by atoms with Crippen LogP contribution in [-0.2, 0) is 4.74 Å². The van der Waals surface area contributed by atoms with Crippen LogP contribution < -0.4 is 5.73 Å². The molecule has 1 amide bonds. The van der Waals surface area contributed by atoms with Crippen molar-refractivity contribution < 1.29 is 18.3 Å². The lowest BCUT2D eigenvalue weighted by atomic mass is 10.1. The highest BCUT2D eigenvalue weighted by Crippen LogP contribution is 2.34. The summed E-state index contributed by atoms with van der Waals surface area (Å²) in [5, 5.41) is 0. The van der Waals surface area contributed by atoms with E-state index in [9.17, 15) is 13.6 Å². The Morgan fingerprint density at radius 3 is 2.47 bits per heavy atom. The normalized spacial score (nSPS) is 25.8.